The third-order valence-corrected chi connectivity index (χ3v) is 2.04. The molecule has 0 aliphatic carbocycles. The van der Waals surface area contributed by atoms with Gasteiger partial charge in [0.25, 0.3) is 0 Å². The van der Waals surface area contributed by atoms with Crippen LogP contribution in [0.5, 0.6) is 0 Å². The van der Waals surface area contributed by atoms with Crippen molar-refractivity contribution in [2.75, 3.05) is 13.2 Å². The van der Waals surface area contributed by atoms with E-state index in [0.29, 0.717) is 5.92 Å². The van der Waals surface area contributed by atoms with Gasteiger partial charge in [-0.1, -0.05) is 20.3 Å². The third kappa shape index (κ3) is 6.23. The van der Waals surface area contributed by atoms with Crippen molar-refractivity contribution in [2.24, 2.45) is 5.92 Å². The molecule has 0 fully saturated rings. The van der Waals surface area contributed by atoms with Crippen molar-refractivity contribution in [3.63, 3.8) is 0 Å². The van der Waals surface area contributed by atoms with Crippen LogP contribution in [0.1, 0.15) is 39.0 Å². The van der Waals surface area contributed by atoms with Crippen LogP contribution < -0.4 is 0 Å². The normalized spacial score (nSPS) is 11.1. The van der Waals surface area contributed by atoms with Crippen LogP contribution in [0.4, 0.5) is 0 Å². The lowest BCUT2D eigenvalue weighted by Crippen LogP contribution is -2.03. The number of aromatic nitrogens is 2. The van der Waals surface area contributed by atoms with Gasteiger partial charge in [0.2, 0.25) is 12.3 Å². The summed E-state index contributed by atoms with van der Waals surface area (Å²) in [6.45, 7) is 6.05. The Morgan fingerprint density at radius 2 is 2.20 bits per heavy atom. The molecule has 0 bridgehead atoms. The molecule has 0 N–H and O–H groups in total. The van der Waals surface area contributed by atoms with E-state index in [0.717, 1.165) is 44.8 Å². The van der Waals surface area contributed by atoms with Crippen LogP contribution >= 0.6 is 0 Å². The van der Waals surface area contributed by atoms with Gasteiger partial charge in [-0.15, -0.1) is 10.2 Å². The quantitative estimate of drug-likeness (QED) is 0.621. The molecule has 1 aromatic heterocycles. The SMILES string of the molecule is CC(C)COCCCCCc1nnco1. The lowest BCUT2D eigenvalue weighted by Gasteiger charge is -2.05. The zero-order chi connectivity index (χ0) is 10.9. The molecule has 1 aromatic rings. The summed E-state index contributed by atoms with van der Waals surface area (Å²) in [6.07, 6.45) is 5.61. The minimum atomic E-state index is 0.628. The molecule has 0 saturated heterocycles. The molecular weight excluding hydrogens is 192 g/mol. The van der Waals surface area contributed by atoms with Crippen LogP contribution in [0.3, 0.4) is 0 Å². The Hall–Kier alpha value is -0.900. The van der Waals surface area contributed by atoms with Crippen molar-refractivity contribution >= 4 is 0 Å². The summed E-state index contributed by atoms with van der Waals surface area (Å²) in [6, 6.07) is 0. The summed E-state index contributed by atoms with van der Waals surface area (Å²) in [5.41, 5.74) is 0. The summed E-state index contributed by atoms with van der Waals surface area (Å²) >= 11 is 0. The smallest absolute Gasteiger partial charge is 0.216 e. The monoisotopic (exact) mass is 212 g/mol. The molecule has 0 amide bonds. The van der Waals surface area contributed by atoms with Gasteiger partial charge in [-0.05, 0) is 18.8 Å². The average Bonchev–Trinajstić information content (AvgIpc) is 2.68. The standard InChI is InChI=1S/C11H20N2O2/c1-10(2)8-14-7-5-3-4-6-11-13-12-9-15-11/h9-10H,3-8H2,1-2H3. The molecule has 4 heteroatoms. The Kier molecular flexibility index (Phi) is 6.00. The minimum absolute atomic E-state index is 0.628. The van der Waals surface area contributed by atoms with Crippen LogP contribution in [-0.2, 0) is 11.2 Å². The minimum Gasteiger partial charge on any atom is -0.428 e. The summed E-state index contributed by atoms with van der Waals surface area (Å²) < 4.78 is 10.5. The Balaban J connectivity index is 1.85. The molecule has 4 nitrogen and oxygen atoms in total. The molecule has 0 unspecified atom stereocenters. The number of hydrogen-bond acceptors (Lipinski definition) is 4. The fraction of sp³-hybridized carbons (Fsp3) is 0.818. The highest BCUT2D eigenvalue weighted by atomic mass is 16.5. The predicted molar refractivity (Wildman–Crippen MR) is 57.5 cm³/mol. The second kappa shape index (κ2) is 7.40. The summed E-state index contributed by atoms with van der Waals surface area (Å²) in [5, 5.41) is 7.45. The molecular formula is C11H20N2O2. The second-order valence-corrected chi connectivity index (χ2v) is 4.11. The maximum Gasteiger partial charge on any atom is 0.216 e. The lowest BCUT2D eigenvalue weighted by molar-refractivity contribution is 0.106. The van der Waals surface area contributed by atoms with Crippen molar-refractivity contribution in [2.45, 2.75) is 39.5 Å². The van der Waals surface area contributed by atoms with Crippen LogP contribution in [0, 0.1) is 5.92 Å². The average molecular weight is 212 g/mol. The van der Waals surface area contributed by atoms with Crippen molar-refractivity contribution in [3.8, 4) is 0 Å². The number of ether oxygens (including phenoxy) is 1. The molecule has 0 radical (unpaired) electrons. The van der Waals surface area contributed by atoms with E-state index in [1.54, 1.807) is 0 Å². The first kappa shape index (κ1) is 12.2. The first-order valence-electron chi connectivity index (χ1n) is 5.62. The Labute approximate surface area is 91.0 Å². The molecule has 0 saturated carbocycles. The number of nitrogens with zero attached hydrogens (tertiary/aromatic N) is 2. The van der Waals surface area contributed by atoms with Gasteiger partial charge in [-0.25, -0.2) is 0 Å². The Morgan fingerprint density at radius 1 is 1.33 bits per heavy atom. The Morgan fingerprint density at radius 3 is 2.87 bits per heavy atom. The van der Waals surface area contributed by atoms with Crippen LogP contribution in [0.25, 0.3) is 0 Å². The van der Waals surface area contributed by atoms with Gasteiger partial charge in [-0.3, -0.25) is 0 Å². The maximum absolute atomic E-state index is 5.48. The molecule has 1 heterocycles. The number of hydrogen-bond donors (Lipinski definition) is 0. The fourth-order valence-corrected chi connectivity index (χ4v) is 1.28. The van der Waals surface area contributed by atoms with Crippen LogP contribution in [0.2, 0.25) is 0 Å². The third-order valence-electron chi connectivity index (χ3n) is 2.04. The van der Waals surface area contributed by atoms with E-state index in [1.165, 1.54) is 6.39 Å². The van der Waals surface area contributed by atoms with Crippen molar-refractivity contribution < 1.29 is 9.15 Å². The summed E-state index contributed by atoms with van der Waals surface area (Å²) in [5.74, 6) is 1.36. The summed E-state index contributed by atoms with van der Waals surface area (Å²) in [7, 11) is 0. The molecule has 0 spiro atoms. The molecule has 0 aliphatic rings. The molecule has 1 rings (SSSR count). The van der Waals surface area contributed by atoms with E-state index in [4.69, 9.17) is 9.15 Å². The number of rotatable bonds is 8. The first-order valence-corrected chi connectivity index (χ1v) is 5.62. The maximum atomic E-state index is 5.48. The molecule has 0 aliphatic heterocycles. The van der Waals surface area contributed by atoms with Crippen molar-refractivity contribution in [1.82, 2.24) is 10.2 Å². The largest absolute Gasteiger partial charge is 0.428 e. The van der Waals surface area contributed by atoms with Gasteiger partial charge >= 0.3 is 0 Å². The van der Waals surface area contributed by atoms with Crippen molar-refractivity contribution in [1.29, 1.82) is 0 Å². The van der Waals surface area contributed by atoms with E-state index in [-0.39, 0.29) is 0 Å². The van der Waals surface area contributed by atoms with E-state index in [1.807, 2.05) is 0 Å². The van der Waals surface area contributed by atoms with E-state index in [2.05, 4.69) is 24.0 Å². The fourth-order valence-electron chi connectivity index (χ4n) is 1.28. The number of aryl methyl sites for hydroxylation is 1. The topological polar surface area (TPSA) is 48.2 Å². The zero-order valence-electron chi connectivity index (χ0n) is 9.61. The highest BCUT2D eigenvalue weighted by Crippen LogP contribution is 2.03. The first-order chi connectivity index (χ1) is 7.29. The lowest BCUT2D eigenvalue weighted by atomic mass is 10.2. The van der Waals surface area contributed by atoms with Gasteiger partial charge < -0.3 is 9.15 Å². The molecule has 86 valence electrons. The highest BCUT2D eigenvalue weighted by Gasteiger charge is 1.98. The van der Waals surface area contributed by atoms with Gasteiger partial charge in [0.05, 0.1) is 0 Å². The van der Waals surface area contributed by atoms with Crippen LogP contribution in [0.15, 0.2) is 10.8 Å². The molecule has 15 heavy (non-hydrogen) atoms. The van der Waals surface area contributed by atoms with E-state index >= 15 is 0 Å². The van der Waals surface area contributed by atoms with Gasteiger partial charge in [0, 0.05) is 19.6 Å². The van der Waals surface area contributed by atoms with Crippen molar-refractivity contribution in [3.05, 3.63) is 12.3 Å². The van der Waals surface area contributed by atoms with Crippen LogP contribution in [-0.4, -0.2) is 23.4 Å². The van der Waals surface area contributed by atoms with Gasteiger partial charge in [0.1, 0.15) is 0 Å². The van der Waals surface area contributed by atoms with E-state index in [9.17, 15) is 0 Å². The second-order valence-electron chi connectivity index (χ2n) is 4.11. The molecule has 0 atom stereocenters. The molecule has 0 aromatic carbocycles. The highest BCUT2D eigenvalue weighted by molar-refractivity contribution is 4.71. The van der Waals surface area contributed by atoms with Gasteiger partial charge in [0.15, 0.2) is 0 Å². The van der Waals surface area contributed by atoms with Gasteiger partial charge in [-0.2, -0.15) is 0 Å². The van der Waals surface area contributed by atoms with E-state index < -0.39 is 0 Å². The number of unbranched alkanes of at least 4 members (excludes halogenated alkanes) is 2. The zero-order valence-corrected chi connectivity index (χ0v) is 9.61. The summed E-state index contributed by atoms with van der Waals surface area (Å²) in [4.78, 5) is 0. The predicted octanol–water partition coefficient (Wildman–Crippen LogP) is 2.46. The Bertz CT molecular complexity index is 235.